The SMILES string of the molecule is C#COC(=O)N[C@H]1CNC1=O. The Morgan fingerprint density at radius 2 is 2.64 bits per heavy atom. The second-order valence-electron chi connectivity index (χ2n) is 1.95. The molecule has 58 valence electrons. The van der Waals surface area contributed by atoms with Gasteiger partial charge >= 0.3 is 6.09 Å². The van der Waals surface area contributed by atoms with Crippen molar-refractivity contribution in [3.63, 3.8) is 0 Å². The Bertz CT molecular complexity index is 230. The summed E-state index contributed by atoms with van der Waals surface area (Å²) in [5.74, 6) is -0.223. The summed E-state index contributed by atoms with van der Waals surface area (Å²) in [5, 5.41) is 4.70. The standard InChI is InChI=1S/C6H6N2O3/c1-2-11-6(10)8-4-3-7-5(4)9/h1,4H,3H2,(H,7,9)(H,8,10)/t4-/m0/s1. The molecule has 1 aliphatic heterocycles. The van der Waals surface area contributed by atoms with Crippen molar-refractivity contribution >= 4 is 12.0 Å². The van der Waals surface area contributed by atoms with Gasteiger partial charge in [0.1, 0.15) is 12.1 Å². The first kappa shape index (κ1) is 7.41. The van der Waals surface area contributed by atoms with E-state index in [2.05, 4.69) is 21.8 Å². The van der Waals surface area contributed by atoms with Crippen molar-refractivity contribution in [3.05, 3.63) is 0 Å². The number of hydrogen-bond donors (Lipinski definition) is 2. The largest absolute Gasteiger partial charge is 0.421 e. The number of nitrogens with one attached hydrogen (secondary N) is 2. The van der Waals surface area contributed by atoms with Gasteiger partial charge < -0.3 is 15.4 Å². The molecule has 0 spiro atoms. The molecule has 0 aromatic carbocycles. The highest BCUT2D eigenvalue weighted by atomic mass is 16.5. The highest BCUT2D eigenvalue weighted by Crippen LogP contribution is 1.93. The second kappa shape index (κ2) is 2.92. The lowest BCUT2D eigenvalue weighted by molar-refractivity contribution is -0.128. The zero-order chi connectivity index (χ0) is 8.27. The molecular formula is C6H6N2O3. The lowest BCUT2D eigenvalue weighted by atomic mass is 10.2. The molecule has 0 bridgehead atoms. The molecule has 0 radical (unpaired) electrons. The van der Waals surface area contributed by atoms with Crippen LogP contribution in [-0.4, -0.2) is 24.6 Å². The third-order valence-electron chi connectivity index (χ3n) is 1.24. The molecule has 1 atom stereocenters. The fourth-order valence-electron chi connectivity index (χ4n) is 0.629. The number of alkyl carbamates (subject to hydrolysis) is 1. The van der Waals surface area contributed by atoms with Gasteiger partial charge in [-0.05, 0) is 0 Å². The number of hydrogen-bond acceptors (Lipinski definition) is 3. The molecule has 0 unspecified atom stereocenters. The summed E-state index contributed by atoms with van der Waals surface area (Å²) in [6.07, 6.45) is 5.59. The predicted molar refractivity (Wildman–Crippen MR) is 35.2 cm³/mol. The Morgan fingerprint density at radius 1 is 1.91 bits per heavy atom. The van der Waals surface area contributed by atoms with Gasteiger partial charge in [0.2, 0.25) is 5.91 Å². The Labute approximate surface area is 63.1 Å². The van der Waals surface area contributed by atoms with Gasteiger partial charge in [0.15, 0.2) is 0 Å². The monoisotopic (exact) mass is 154 g/mol. The highest BCUT2D eigenvalue weighted by Gasteiger charge is 2.29. The molecule has 0 aliphatic carbocycles. The van der Waals surface area contributed by atoms with Crippen molar-refractivity contribution < 1.29 is 14.3 Å². The van der Waals surface area contributed by atoms with Crippen LogP contribution in [0.1, 0.15) is 0 Å². The minimum absolute atomic E-state index is 0.223. The molecule has 2 amide bonds. The van der Waals surface area contributed by atoms with E-state index in [1.807, 2.05) is 0 Å². The van der Waals surface area contributed by atoms with E-state index < -0.39 is 12.1 Å². The van der Waals surface area contributed by atoms with Crippen LogP contribution in [0.5, 0.6) is 0 Å². The first-order valence-electron chi connectivity index (χ1n) is 2.94. The summed E-state index contributed by atoms with van der Waals surface area (Å²) in [7, 11) is 0. The van der Waals surface area contributed by atoms with E-state index in [0.717, 1.165) is 0 Å². The lowest BCUT2D eigenvalue weighted by Gasteiger charge is -2.25. The summed E-state index contributed by atoms with van der Waals surface area (Å²) < 4.78 is 4.09. The van der Waals surface area contributed by atoms with Gasteiger partial charge in [-0.15, -0.1) is 0 Å². The number of terminal acetylenes is 1. The van der Waals surface area contributed by atoms with E-state index in [-0.39, 0.29) is 5.91 Å². The van der Waals surface area contributed by atoms with E-state index >= 15 is 0 Å². The van der Waals surface area contributed by atoms with Crippen molar-refractivity contribution in [2.75, 3.05) is 6.54 Å². The number of carbonyl (C=O) groups excluding carboxylic acids is 2. The molecule has 1 rings (SSSR count). The molecule has 5 heteroatoms. The van der Waals surface area contributed by atoms with Gasteiger partial charge in [0.25, 0.3) is 0 Å². The minimum Gasteiger partial charge on any atom is -0.356 e. The Balaban J connectivity index is 2.26. The first-order valence-corrected chi connectivity index (χ1v) is 2.94. The van der Waals surface area contributed by atoms with Crippen LogP contribution in [0.3, 0.4) is 0 Å². The smallest absolute Gasteiger partial charge is 0.356 e. The molecule has 1 heterocycles. The van der Waals surface area contributed by atoms with Crippen molar-refractivity contribution in [2.24, 2.45) is 0 Å². The molecule has 0 aromatic heterocycles. The Hall–Kier alpha value is -1.70. The van der Waals surface area contributed by atoms with Crippen LogP contribution in [0.4, 0.5) is 4.79 Å². The average molecular weight is 154 g/mol. The summed E-state index contributed by atoms with van der Waals surface area (Å²) >= 11 is 0. The third kappa shape index (κ3) is 1.61. The van der Waals surface area contributed by atoms with E-state index in [4.69, 9.17) is 0 Å². The fourth-order valence-corrected chi connectivity index (χ4v) is 0.629. The van der Waals surface area contributed by atoms with Crippen molar-refractivity contribution in [3.8, 4) is 12.5 Å². The Kier molecular flexibility index (Phi) is 1.97. The van der Waals surface area contributed by atoms with Gasteiger partial charge in [0.05, 0.1) is 0 Å². The molecule has 2 N–H and O–H groups in total. The molecular weight excluding hydrogens is 148 g/mol. The zero-order valence-electron chi connectivity index (χ0n) is 5.59. The van der Waals surface area contributed by atoms with Gasteiger partial charge in [-0.2, -0.15) is 0 Å². The molecule has 1 aliphatic rings. The average Bonchev–Trinajstić information content (AvgIpc) is 1.98. The third-order valence-corrected chi connectivity index (χ3v) is 1.24. The van der Waals surface area contributed by atoms with Crippen LogP contribution in [0.15, 0.2) is 0 Å². The number of β-lactam (4-membered cyclic amide) rings is 1. The zero-order valence-corrected chi connectivity index (χ0v) is 5.59. The molecule has 11 heavy (non-hydrogen) atoms. The maximum absolute atomic E-state index is 10.5. The molecule has 0 saturated carbocycles. The first-order chi connectivity index (χ1) is 5.24. The molecule has 0 aromatic rings. The summed E-state index contributed by atoms with van der Waals surface area (Å²) in [4.78, 5) is 21.1. The quantitative estimate of drug-likeness (QED) is 0.368. The summed E-state index contributed by atoms with van der Waals surface area (Å²) in [5.41, 5.74) is 0. The van der Waals surface area contributed by atoms with Crippen molar-refractivity contribution in [2.45, 2.75) is 6.04 Å². The van der Waals surface area contributed by atoms with Crippen LogP contribution in [-0.2, 0) is 9.53 Å². The summed E-state index contributed by atoms with van der Waals surface area (Å²) in [6.45, 7) is 0.429. The Morgan fingerprint density at radius 3 is 3.00 bits per heavy atom. The molecule has 1 saturated heterocycles. The van der Waals surface area contributed by atoms with Gasteiger partial charge in [-0.25, -0.2) is 4.79 Å². The van der Waals surface area contributed by atoms with E-state index in [1.54, 1.807) is 6.11 Å². The normalized spacial score (nSPS) is 20.6. The lowest BCUT2D eigenvalue weighted by Crippen LogP contribution is -2.61. The maximum Gasteiger partial charge on any atom is 0.421 e. The molecule has 1 fully saturated rings. The molecule has 5 nitrogen and oxygen atoms in total. The van der Waals surface area contributed by atoms with Crippen LogP contribution in [0.25, 0.3) is 0 Å². The fraction of sp³-hybridized carbons (Fsp3) is 0.333. The van der Waals surface area contributed by atoms with Gasteiger partial charge in [-0.3, -0.25) is 4.79 Å². The minimum atomic E-state index is -0.771. The van der Waals surface area contributed by atoms with Crippen LogP contribution in [0.2, 0.25) is 0 Å². The van der Waals surface area contributed by atoms with E-state index in [1.165, 1.54) is 0 Å². The van der Waals surface area contributed by atoms with Crippen LogP contribution in [0, 0.1) is 12.5 Å². The van der Waals surface area contributed by atoms with Crippen LogP contribution < -0.4 is 10.6 Å². The predicted octanol–water partition coefficient (Wildman–Crippen LogP) is -1.20. The van der Waals surface area contributed by atoms with E-state index in [9.17, 15) is 9.59 Å². The van der Waals surface area contributed by atoms with Crippen molar-refractivity contribution in [1.29, 1.82) is 0 Å². The number of rotatable bonds is 1. The highest BCUT2D eigenvalue weighted by molar-refractivity contribution is 5.90. The van der Waals surface area contributed by atoms with Crippen molar-refractivity contribution in [1.82, 2.24) is 10.6 Å². The second-order valence-corrected chi connectivity index (χ2v) is 1.95. The number of ether oxygens (including phenoxy) is 1. The maximum atomic E-state index is 10.5. The van der Waals surface area contributed by atoms with Gasteiger partial charge in [-0.1, -0.05) is 6.42 Å². The number of amides is 2. The van der Waals surface area contributed by atoms with E-state index in [0.29, 0.717) is 6.54 Å². The van der Waals surface area contributed by atoms with Crippen LogP contribution >= 0.6 is 0 Å². The topological polar surface area (TPSA) is 67.4 Å². The number of carbonyl (C=O) groups is 2. The summed E-state index contributed by atoms with van der Waals surface area (Å²) in [6, 6.07) is -0.490. The van der Waals surface area contributed by atoms with Gasteiger partial charge in [0, 0.05) is 6.54 Å².